The Bertz CT molecular complexity index is 1060. The fourth-order valence-electron chi connectivity index (χ4n) is 4.05. The van der Waals surface area contributed by atoms with E-state index in [2.05, 4.69) is 4.90 Å². The van der Waals surface area contributed by atoms with Crippen LogP contribution in [0.25, 0.3) is 5.76 Å². The first-order chi connectivity index (χ1) is 15.4. The van der Waals surface area contributed by atoms with Crippen LogP contribution in [0, 0.1) is 6.92 Å². The van der Waals surface area contributed by atoms with Crippen LogP contribution < -0.4 is 4.74 Å². The molecule has 2 saturated heterocycles. The summed E-state index contributed by atoms with van der Waals surface area (Å²) in [5.74, 6) is -0.224. The fraction of sp³-hybridized carbons (Fsp3) is 0.391. The number of carbonyl (C=O) groups is 2. The Hall–Kier alpha value is -2.81. The molecule has 9 heteroatoms. The Morgan fingerprint density at radius 3 is 2.56 bits per heavy atom. The van der Waals surface area contributed by atoms with E-state index >= 15 is 0 Å². The maximum Gasteiger partial charge on any atom is 0.295 e. The lowest BCUT2D eigenvalue weighted by Crippen LogP contribution is -2.42. The molecule has 0 spiro atoms. The number of amides is 1. The molecule has 3 heterocycles. The highest BCUT2D eigenvalue weighted by Crippen LogP contribution is 2.40. The number of likely N-dealkylation sites (tertiary alicyclic amines) is 1. The van der Waals surface area contributed by atoms with Gasteiger partial charge >= 0.3 is 0 Å². The van der Waals surface area contributed by atoms with Gasteiger partial charge in [-0.1, -0.05) is 11.6 Å². The van der Waals surface area contributed by atoms with Crippen molar-refractivity contribution in [2.45, 2.75) is 13.0 Å². The van der Waals surface area contributed by atoms with Gasteiger partial charge in [-0.15, -0.1) is 0 Å². The number of aryl methyl sites for hydroxylation is 1. The molecule has 0 aliphatic carbocycles. The number of aliphatic hydroxyl groups is 1. The highest BCUT2D eigenvalue weighted by atomic mass is 35.5. The molecule has 2 fully saturated rings. The Balaban J connectivity index is 1.72. The van der Waals surface area contributed by atoms with Crippen molar-refractivity contribution in [2.24, 2.45) is 0 Å². The molecule has 1 aromatic heterocycles. The van der Waals surface area contributed by atoms with Crippen LogP contribution in [0.1, 0.15) is 23.1 Å². The van der Waals surface area contributed by atoms with E-state index in [0.717, 1.165) is 13.1 Å². The zero-order valence-electron chi connectivity index (χ0n) is 18.0. The summed E-state index contributed by atoms with van der Waals surface area (Å²) in [6.07, 6.45) is 0. The van der Waals surface area contributed by atoms with Gasteiger partial charge in [-0.2, -0.15) is 0 Å². The summed E-state index contributed by atoms with van der Waals surface area (Å²) in [5.41, 5.74) is 0.294. The Labute approximate surface area is 190 Å². The molecule has 0 unspecified atom stereocenters. The van der Waals surface area contributed by atoms with Crippen molar-refractivity contribution in [3.05, 3.63) is 58.0 Å². The monoisotopic (exact) mass is 460 g/mol. The van der Waals surface area contributed by atoms with Crippen LogP contribution in [0.3, 0.4) is 0 Å². The molecule has 0 bridgehead atoms. The predicted octanol–water partition coefficient (Wildman–Crippen LogP) is 3.00. The van der Waals surface area contributed by atoms with Crippen LogP contribution in [0.15, 0.2) is 40.3 Å². The van der Waals surface area contributed by atoms with Crippen LogP contribution >= 0.6 is 11.6 Å². The van der Waals surface area contributed by atoms with Gasteiger partial charge < -0.3 is 23.9 Å². The quantitative estimate of drug-likeness (QED) is 0.402. The molecule has 8 nitrogen and oxygen atoms in total. The lowest BCUT2D eigenvalue weighted by atomic mass is 9.99. The summed E-state index contributed by atoms with van der Waals surface area (Å²) < 4.78 is 16.3. The zero-order chi connectivity index (χ0) is 22.8. The number of methoxy groups -OCH3 is 1. The summed E-state index contributed by atoms with van der Waals surface area (Å²) in [5, 5.41) is 11.4. The van der Waals surface area contributed by atoms with Crippen LogP contribution in [-0.4, -0.2) is 73.1 Å². The van der Waals surface area contributed by atoms with Gasteiger partial charge in [-0.25, -0.2) is 0 Å². The average molecular weight is 461 g/mol. The van der Waals surface area contributed by atoms with Crippen molar-refractivity contribution >= 4 is 29.1 Å². The Morgan fingerprint density at radius 2 is 1.94 bits per heavy atom. The number of Topliss-reactive ketones (excluding diaryl/α,β-unsaturated/α-hetero) is 1. The minimum atomic E-state index is -0.828. The molecular weight excluding hydrogens is 436 g/mol. The first-order valence-electron chi connectivity index (χ1n) is 10.4. The molecule has 4 rings (SSSR count). The summed E-state index contributed by atoms with van der Waals surface area (Å²) in [7, 11) is 1.49. The number of ether oxygens (including phenoxy) is 2. The second kappa shape index (κ2) is 9.36. The molecule has 2 aromatic rings. The summed E-state index contributed by atoms with van der Waals surface area (Å²) in [6, 6.07) is 7.35. The van der Waals surface area contributed by atoms with E-state index in [-0.39, 0.29) is 16.4 Å². The molecule has 0 radical (unpaired) electrons. The SMILES string of the molecule is COc1ccc(C(O)=C2C(=O)C(=O)N(CCN3CCOCC3)[C@H]2c2ccc(C)o2)cc1Cl. The third-order valence-corrected chi connectivity index (χ3v) is 6.05. The summed E-state index contributed by atoms with van der Waals surface area (Å²) in [4.78, 5) is 29.7. The first kappa shape index (κ1) is 22.4. The van der Waals surface area contributed by atoms with E-state index in [9.17, 15) is 14.7 Å². The molecule has 1 amide bonds. The molecular formula is C23H25ClN2O6. The van der Waals surface area contributed by atoms with Crippen molar-refractivity contribution in [3.8, 4) is 5.75 Å². The average Bonchev–Trinajstić information content (AvgIpc) is 3.33. The number of carbonyl (C=O) groups excluding carboxylic acids is 2. The second-order valence-electron chi connectivity index (χ2n) is 7.74. The maximum absolute atomic E-state index is 13.0. The van der Waals surface area contributed by atoms with Crippen molar-refractivity contribution in [1.82, 2.24) is 9.80 Å². The first-order valence-corrected chi connectivity index (χ1v) is 10.8. The smallest absolute Gasteiger partial charge is 0.295 e. The number of halogens is 1. The highest BCUT2D eigenvalue weighted by Gasteiger charge is 2.47. The number of hydrogen-bond acceptors (Lipinski definition) is 7. The molecule has 170 valence electrons. The predicted molar refractivity (Wildman–Crippen MR) is 118 cm³/mol. The van der Waals surface area contributed by atoms with Crippen LogP contribution in [0.4, 0.5) is 0 Å². The van der Waals surface area contributed by atoms with Gasteiger partial charge in [0.25, 0.3) is 11.7 Å². The van der Waals surface area contributed by atoms with E-state index < -0.39 is 17.7 Å². The van der Waals surface area contributed by atoms with Crippen LogP contribution in [0.2, 0.25) is 5.02 Å². The Kier molecular flexibility index (Phi) is 6.55. The number of furan rings is 1. The molecule has 1 atom stereocenters. The summed E-state index contributed by atoms with van der Waals surface area (Å²) in [6.45, 7) is 5.48. The highest BCUT2D eigenvalue weighted by molar-refractivity contribution is 6.46. The molecule has 1 aromatic carbocycles. The van der Waals surface area contributed by atoms with Crippen LogP contribution in [0.5, 0.6) is 5.75 Å². The number of nitrogens with zero attached hydrogens (tertiary/aromatic N) is 2. The summed E-state index contributed by atoms with van der Waals surface area (Å²) >= 11 is 6.21. The van der Waals surface area contributed by atoms with Gasteiger partial charge in [0.15, 0.2) is 0 Å². The zero-order valence-corrected chi connectivity index (χ0v) is 18.7. The minimum Gasteiger partial charge on any atom is -0.507 e. The number of morpholine rings is 1. The molecule has 32 heavy (non-hydrogen) atoms. The molecule has 2 aliphatic rings. The maximum atomic E-state index is 13.0. The van der Waals surface area contributed by atoms with E-state index in [1.807, 2.05) is 0 Å². The molecule has 2 aliphatic heterocycles. The fourth-order valence-corrected chi connectivity index (χ4v) is 4.31. The second-order valence-corrected chi connectivity index (χ2v) is 8.15. The molecule has 0 saturated carbocycles. The number of ketones is 1. The van der Waals surface area contributed by atoms with Gasteiger partial charge in [0.05, 0.1) is 30.9 Å². The van der Waals surface area contributed by atoms with Gasteiger partial charge in [-0.3, -0.25) is 14.5 Å². The van der Waals surface area contributed by atoms with Gasteiger partial charge in [0.1, 0.15) is 29.1 Å². The standard InChI is InChI=1S/C23H25ClN2O6/c1-14-3-5-18(32-14)20-19(21(27)15-4-6-17(30-2)16(24)13-15)22(28)23(29)26(20)8-7-25-9-11-31-12-10-25/h3-6,13,20,27H,7-12H2,1-2H3/t20-/m0/s1. The van der Waals surface area contributed by atoms with Gasteiger partial charge in [-0.05, 0) is 37.3 Å². The van der Waals surface area contributed by atoms with E-state index in [0.29, 0.717) is 49.1 Å². The number of rotatable bonds is 6. The minimum absolute atomic E-state index is 0.0208. The topological polar surface area (TPSA) is 92.5 Å². The van der Waals surface area contributed by atoms with Gasteiger partial charge in [0, 0.05) is 31.7 Å². The Morgan fingerprint density at radius 1 is 1.19 bits per heavy atom. The van der Waals surface area contributed by atoms with Crippen molar-refractivity contribution in [3.63, 3.8) is 0 Å². The third kappa shape index (κ3) is 4.26. The van der Waals surface area contributed by atoms with Gasteiger partial charge in [0.2, 0.25) is 0 Å². The van der Waals surface area contributed by atoms with Crippen molar-refractivity contribution < 1.29 is 28.6 Å². The molecule has 1 N–H and O–H groups in total. The number of benzene rings is 1. The lowest BCUT2D eigenvalue weighted by Gasteiger charge is -2.30. The largest absolute Gasteiger partial charge is 0.507 e. The van der Waals surface area contributed by atoms with Crippen LogP contribution in [-0.2, 0) is 14.3 Å². The number of aliphatic hydroxyl groups excluding tert-OH is 1. The third-order valence-electron chi connectivity index (χ3n) is 5.76. The normalized spacial score (nSPS) is 21.3. The van der Waals surface area contributed by atoms with E-state index in [4.69, 9.17) is 25.5 Å². The lowest BCUT2D eigenvalue weighted by molar-refractivity contribution is -0.140. The van der Waals surface area contributed by atoms with Crippen molar-refractivity contribution in [2.75, 3.05) is 46.5 Å². The van der Waals surface area contributed by atoms with E-state index in [1.165, 1.54) is 18.1 Å². The van der Waals surface area contributed by atoms with E-state index in [1.54, 1.807) is 31.2 Å². The van der Waals surface area contributed by atoms with Crippen molar-refractivity contribution in [1.29, 1.82) is 0 Å². The number of hydrogen-bond donors (Lipinski definition) is 1.